The third kappa shape index (κ3) is 6.29. The summed E-state index contributed by atoms with van der Waals surface area (Å²) in [6.07, 6.45) is -3.79. The van der Waals surface area contributed by atoms with Crippen LogP contribution in [0.2, 0.25) is 0 Å². The van der Waals surface area contributed by atoms with Gasteiger partial charge in [-0.15, -0.1) is 0 Å². The molecule has 1 heterocycles. The lowest BCUT2D eigenvalue weighted by Gasteiger charge is -2.28. The number of amides is 1. The molecule has 0 spiro atoms. The molecule has 3 aromatic rings. The fourth-order valence-corrected chi connectivity index (χ4v) is 4.95. The number of aliphatic carboxylic acids is 1. The average molecular weight is 565 g/mol. The van der Waals surface area contributed by atoms with E-state index in [1.807, 2.05) is 0 Å². The van der Waals surface area contributed by atoms with Gasteiger partial charge in [0.25, 0.3) is 5.91 Å². The van der Waals surface area contributed by atoms with E-state index < -0.39 is 71.8 Å². The van der Waals surface area contributed by atoms with E-state index in [0.29, 0.717) is 10.7 Å². The molecule has 1 aliphatic rings. The summed E-state index contributed by atoms with van der Waals surface area (Å²) in [6.45, 7) is -1.32. The van der Waals surface area contributed by atoms with Crippen LogP contribution in [0.15, 0.2) is 48.7 Å². The Bertz CT molecular complexity index is 1410. The summed E-state index contributed by atoms with van der Waals surface area (Å²) < 4.78 is 71.4. The second kappa shape index (κ2) is 11.4. The van der Waals surface area contributed by atoms with E-state index in [-0.39, 0.29) is 42.5 Å². The van der Waals surface area contributed by atoms with Crippen molar-refractivity contribution in [2.75, 3.05) is 12.3 Å². The van der Waals surface area contributed by atoms with Crippen molar-refractivity contribution in [3.8, 4) is 0 Å². The zero-order chi connectivity index (χ0) is 29.2. The molecular weight excluding hydrogens is 539 g/mol. The van der Waals surface area contributed by atoms with Gasteiger partial charge in [0.2, 0.25) is 0 Å². The number of alkyl halides is 3. The Morgan fingerprint density at radius 3 is 2.20 bits per heavy atom. The number of hydrogen-bond donors (Lipinski definition) is 2. The van der Waals surface area contributed by atoms with Crippen molar-refractivity contribution < 1.29 is 41.4 Å². The van der Waals surface area contributed by atoms with Gasteiger partial charge in [0.05, 0.1) is 30.3 Å². The quantitative estimate of drug-likeness (QED) is 0.223. The van der Waals surface area contributed by atoms with Crippen molar-refractivity contribution in [1.29, 1.82) is 0 Å². The van der Waals surface area contributed by atoms with Gasteiger partial charge in [0, 0.05) is 23.9 Å². The van der Waals surface area contributed by atoms with E-state index in [1.165, 1.54) is 18.2 Å². The van der Waals surface area contributed by atoms with Crippen LogP contribution in [0.3, 0.4) is 0 Å². The summed E-state index contributed by atoms with van der Waals surface area (Å²) in [6, 6.07) is 7.50. The molecule has 0 aliphatic heterocycles. The molecule has 40 heavy (non-hydrogen) atoms. The number of nitrogens with zero attached hydrogens (tertiary/aromatic N) is 3. The molecule has 0 atom stereocenters. The topological polar surface area (TPSA) is 119 Å². The highest BCUT2D eigenvalue weighted by molar-refractivity contribution is 6.05. The number of benzene rings is 2. The maximum Gasteiger partial charge on any atom is 0.433 e. The van der Waals surface area contributed by atoms with Gasteiger partial charge in [-0.05, 0) is 55.5 Å². The molecule has 13 heteroatoms. The maximum atomic E-state index is 14.3. The minimum absolute atomic E-state index is 0.0210. The summed E-state index contributed by atoms with van der Waals surface area (Å²) in [7, 11) is 0. The third-order valence-electron chi connectivity index (χ3n) is 6.86. The first kappa shape index (κ1) is 28.7. The number of hydrogen-bond acceptors (Lipinski definition) is 5. The highest BCUT2D eigenvalue weighted by Gasteiger charge is 2.43. The molecule has 4 rings (SSSR count). The lowest BCUT2D eigenvalue weighted by molar-refractivity contribution is -0.147. The number of nitrogen functional groups attached to an aromatic ring is 1. The van der Waals surface area contributed by atoms with E-state index in [9.17, 15) is 41.4 Å². The van der Waals surface area contributed by atoms with Gasteiger partial charge >= 0.3 is 12.1 Å². The predicted molar refractivity (Wildman–Crippen MR) is 132 cm³/mol. The van der Waals surface area contributed by atoms with Crippen LogP contribution < -0.4 is 5.73 Å². The lowest BCUT2D eigenvalue weighted by atomic mass is 9.86. The summed E-state index contributed by atoms with van der Waals surface area (Å²) >= 11 is 0. The van der Waals surface area contributed by atoms with Gasteiger partial charge in [-0.2, -0.15) is 18.3 Å². The first-order chi connectivity index (χ1) is 18.8. The Morgan fingerprint density at radius 1 is 1.00 bits per heavy atom. The van der Waals surface area contributed by atoms with Crippen molar-refractivity contribution in [1.82, 2.24) is 14.7 Å². The van der Waals surface area contributed by atoms with Crippen LogP contribution in [0.4, 0.5) is 27.6 Å². The molecule has 1 aromatic heterocycles. The first-order valence-corrected chi connectivity index (χ1v) is 12.3. The molecule has 1 amide bonds. The number of carboxylic acid groups (broad SMARTS) is 1. The number of nitrogens with two attached hydrogens (primary N) is 1. The minimum atomic E-state index is -5.03. The Hall–Kier alpha value is -4.29. The van der Waals surface area contributed by atoms with Crippen LogP contribution in [0.5, 0.6) is 0 Å². The number of halogens is 5. The van der Waals surface area contributed by atoms with E-state index in [0.717, 1.165) is 23.2 Å². The number of ketones is 1. The second-order valence-corrected chi connectivity index (χ2v) is 9.64. The molecule has 1 aliphatic carbocycles. The van der Waals surface area contributed by atoms with Gasteiger partial charge < -0.3 is 15.7 Å². The van der Waals surface area contributed by atoms with E-state index in [1.54, 1.807) is 6.07 Å². The molecule has 8 nitrogen and oxygen atoms in total. The minimum Gasteiger partial charge on any atom is -0.481 e. The monoisotopic (exact) mass is 564 g/mol. The van der Waals surface area contributed by atoms with Crippen LogP contribution in [0, 0.1) is 17.6 Å². The molecule has 1 saturated carbocycles. The standard InChI is InChI=1S/C27H25F5N4O4/c28-17-9-15(10-18(29)11-17)13-35(14-23(37)20-3-1-2-4-22(20)33)25(38)21-12-34-36(24(21)27(30,31)32)19-7-5-16(6-8-19)26(39)40/h1-4,9-12,16,19H,5-8,13-14,33H2,(H,39,40). The van der Waals surface area contributed by atoms with Gasteiger partial charge in [-0.3, -0.25) is 19.1 Å². The second-order valence-electron chi connectivity index (χ2n) is 9.64. The maximum absolute atomic E-state index is 14.3. The van der Waals surface area contributed by atoms with Crippen LogP contribution in [0.1, 0.15) is 63.7 Å². The average Bonchev–Trinajstić information content (AvgIpc) is 3.33. The summed E-state index contributed by atoms with van der Waals surface area (Å²) in [4.78, 5) is 38.7. The lowest BCUT2D eigenvalue weighted by Crippen LogP contribution is -2.37. The van der Waals surface area contributed by atoms with Crippen molar-refractivity contribution in [3.63, 3.8) is 0 Å². The zero-order valence-electron chi connectivity index (χ0n) is 21.0. The van der Waals surface area contributed by atoms with Crippen molar-refractivity contribution >= 4 is 23.3 Å². The van der Waals surface area contributed by atoms with Gasteiger partial charge in [-0.1, -0.05) is 12.1 Å². The van der Waals surface area contributed by atoms with Crippen LogP contribution in [-0.4, -0.2) is 44.0 Å². The highest BCUT2D eigenvalue weighted by Crippen LogP contribution is 2.39. The largest absolute Gasteiger partial charge is 0.481 e. The number of Topliss-reactive ketones (excluding diaryl/α,β-unsaturated/α-hetero) is 1. The molecule has 0 bridgehead atoms. The van der Waals surface area contributed by atoms with Crippen molar-refractivity contribution in [3.05, 3.63) is 82.7 Å². The Morgan fingerprint density at radius 2 is 1.62 bits per heavy atom. The van der Waals surface area contributed by atoms with Crippen LogP contribution in [0.25, 0.3) is 0 Å². The number of carbonyl (C=O) groups excluding carboxylic acids is 2. The number of carbonyl (C=O) groups is 3. The smallest absolute Gasteiger partial charge is 0.433 e. The van der Waals surface area contributed by atoms with Crippen LogP contribution >= 0.6 is 0 Å². The highest BCUT2D eigenvalue weighted by atomic mass is 19.4. The van der Waals surface area contributed by atoms with Crippen molar-refractivity contribution in [2.45, 2.75) is 44.4 Å². The van der Waals surface area contributed by atoms with E-state index >= 15 is 0 Å². The Labute approximate surface area is 225 Å². The molecule has 1 fully saturated rings. The van der Waals surface area contributed by atoms with Gasteiger partial charge in [-0.25, -0.2) is 8.78 Å². The van der Waals surface area contributed by atoms with Crippen LogP contribution in [-0.2, 0) is 17.5 Å². The number of anilines is 1. The number of para-hydroxylation sites is 1. The van der Waals surface area contributed by atoms with E-state index in [4.69, 9.17) is 5.73 Å². The number of rotatable bonds is 8. The summed E-state index contributed by atoms with van der Waals surface area (Å²) in [5.74, 6) is -5.58. The molecule has 3 N–H and O–H groups in total. The fourth-order valence-electron chi connectivity index (χ4n) is 4.95. The molecule has 0 radical (unpaired) electrons. The van der Waals surface area contributed by atoms with Crippen molar-refractivity contribution in [2.24, 2.45) is 5.92 Å². The normalized spacial score (nSPS) is 17.4. The predicted octanol–water partition coefficient (Wildman–Crippen LogP) is 5.10. The third-order valence-corrected chi connectivity index (χ3v) is 6.86. The Balaban J connectivity index is 1.71. The summed E-state index contributed by atoms with van der Waals surface area (Å²) in [5.41, 5.74) is 3.66. The SMILES string of the molecule is Nc1ccccc1C(=O)CN(Cc1cc(F)cc(F)c1)C(=O)c1cnn(C2CCC(C(=O)O)CC2)c1C(F)(F)F. The Kier molecular flexibility index (Phi) is 8.21. The molecule has 0 unspecified atom stereocenters. The number of carboxylic acids is 1. The van der Waals surface area contributed by atoms with Gasteiger partial charge in [0.15, 0.2) is 11.5 Å². The zero-order valence-corrected chi connectivity index (χ0v) is 21.0. The van der Waals surface area contributed by atoms with Gasteiger partial charge in [0.1, 0.15) is 11.6 Å². The molecule has 2 aromatic carbocycles. The number of aromatic nitrogens is 2. The molecule has 0 saturated heterocycles. The first-order valence-electron chi connectivity index (χ1n) is 12.3. The molecular formula is C27H25F5N4O4. The molecule has 212 valence electrons. The summed E-state index contributed by atoms with van der Waals surface area (Å²) in [5, 5.41) is 13.1. The fraction of sp³-hybridized carbons (Fsp3) is 0.333. The van der Waals surface area contributed by atoms with E-state index in [2.05, 4.69) is 5.10 Å².